The Morgan fingerprint density at radius 3 is 1.61 bits per heavy atom. The molecule has 61 heavy (non-hydrogen) atoms. The normalized spacial score (nSPS) is 13.9. The lowest BCUT2D eigenvalue weighted by molar-refractivity contribution is 0.957. The molecule has 0 saturated carbocycles. The van der Waals surface area contributed by atoms with Crippen LogP contribution in [0, 0.1) is 0 Å². The molecule has 0 unspecified atom stereocenters. The molecule has 0 amide bonds. The fourth-order valence-corrected chi connectivity index (χ4v) is 11.7. The lowest BCUT2D eigenvalue weighted by atomic mass is 9.93. The van der Waals surface area contributed by atoms with Gasteiger partial charge in [0.15, 0.2) is 17.5 Å². The van der Waals surface area contributed by atoms with Gasteiger partial charge < -0.3 is 4.90 Å². The summed E-state index contributed by atoms with van der Waals surface area (Å²) in [4.78, 5) is 20.3. The Labute approximate surface area is 360 Å². The predicted octanol–water partition coefficient (Wildman–Crippen LogP) is 15.6. The highest BCUT2D eigenvalue weighted by atomic mass is 32.2. The topological polar surface area (TPSA) is 41.9 Å². The first-order valence-electron chi connectivity index (χ1n) is 20.7. The Balaban J connectivity index is 1.01. The summed E-state index contributed by atoms with van der Waals surface area (Å²) in [7, 11) is 0. The fraction of sp³-hybridized carbons (Fsp3) is 0.0364. The largest absolute Gasteiger partial charge is 0.308 e. The minimum Gasteiger partial charge on any atom is -0.308 e. The maximum atomic E-state index is 5.15. The van der Waals surface area contributed by atoms with E-state index < -0.39 is 0 Å². The van der Waals surface area contributed by atoms with Gasteiger partial charge in [0.05, 0.1) is 11.4 Å². The van der Waals surface area contributed by atoms with Crippen molar-refractivity contribution < 1.29 is 0 Å². The summed E-state index contributed by atoms with van der Waals surface area (Å²) in [5, 5.41) is 12.9. The summed E-state index contributed by atoms with van der Waals surface area (Å²) in [5.74, 6) is 2.08. The van der Waals surface area contributed by atoms with Crippen LogP contribution < -0.4 is 4.90 Å². The molecule has 0 radical (unpaired) electrons. The van der Waals surface area contributed by atoms with Gasteiger partial charge in [-0.15, -0.1) is 11.3 Å². The number of anilines is 2. The van der Waals surface area contributed by atoms with Crippen LogP contribution in [0.5, 0.6) is 0 Å². The van der Waals surface area contributed by atoms with Gasteiger partial charge in [-0.3, -0.25) is 0 Å². The van der Waals surface area contributed by atoms with Crippen molar-refractivity contribution in [2.24, 2.45) is 0 Å². The van der Waals surface area contributed by atoms with Gasteiger partial charge in [0.1, 0.15) is 0 Å². The third-order valence-electron chi connectivity index (χ3n) is 12.3. The highest BCUT2D eigenvalue weighted by Crippen LogP contribution is 2.54. The van der Waals surface area contributed by atoms with Gasteiger partial charge in [-0.2, -0.15) is 0 Å². The number of rotatable bonds is 4. The SMILES string of the molecule is C1=C(c2nc(-c3ccccc3)nc(-c3ccccc3)n2)CCC=C1N1c2cc3ccccc3cc2Sc2cc3c(cc21)sc1cc2c4ccccc4c4ccccc4c2cc13. The molecule has 9 aromatic carbocycles. The molecule has 2 aliphatic rings. The molecule has 1 aliphatic heterocycles. The number of benzene rings is 9. The maximum Gasteiger partial charge on any atom is 0.164 e. The number of fused-ring (bicyclic) bond motifs is 12. The summed E-state index contributed by atoms with van der Waals surface area (Å²) in [6.45, 7) is 0. The summed E-state index contributed by atoms with van der Waals surface area (Å²) in [5.41, 5.74) is 6.56. The molecule has 13 rings (SSSR count). The minimum absolute atomic E-state index is 0.679. The summed E-state index contributed by atoms with van der Waals surface area (Å²) in [6.07, 6.45) is 6.41. The fourth-order valence-electron chi connectivity index (χ4n) is 9.41. The standard InChI is InChI=1S/C55H34N4S2/c1-3-14-33(15-4-1)53-56-54(34-16-5-2-6-17-34)58-55(57-53)37-20-13-21-38(26-37)59-47-27-35-18-7-8-19-36(35)28-51(47)61-52-31-46-45-29-43-41-24-11-9-22-39(41)40-23-10-12-25-42(40)44(43)30-49(45)60-50(46)32-48(52)59/h1-12,14-19,21-32H,13,20H2. The number of nitrogens with zero attached hydrogens (tertiary/aromatic N) is 4. The molecular formula is C55H34N4S2. The van der Waals surface area contributed by atoms with Crippen molar-refractivity contribution in [3.63, 3.8) is 0 Å². The van der Waals surface area contributed by atoms with Crippen LogP contribution in [0.25, 0.3) is 91.6 Å². The molecule has 3 heterocycles. The van der Waals surface area contributed by atoms with Crippen molar-refractivity contribution in [2.75, 3.05) is 4.90 Å². The molecule has 6 heteroatoms. The van der Waals surface area contributed by atoms with Crippen LogP contribution in [0.2, 0.25) is 0 Å². The molecule has 4 nitrogen and oxygen atoms in total. The van der Waals surface area contributed by atoms with E-state index in [1.807, 2.05) is 59.5 Å². The van der Waals surface area contributed by atoms with E-state index in [-0.39, 0.29) is 0 Å². The number of allylic oxidation sites excluding steroid dienone is 3. The Bertz CT molecular complexity index is 3630. The quantitative estimate of drug-likeness (QED) is 0.166. The van der Waals surface area contributed by atoms with Crippen molar-refractivity contribution in [2.45, 2.75) is 22.6 Å². The third-order valence-corrected chi connectivity index (χ3v) is 14.5. The molecule has 0 bridgehead atoms. The van der Waals surface area contributed by atoms with Crippen molar-refractivity contribution in [1.82, 2.24) is 15.0 Å². The van der Waals surface area contributed by atoms with Crippen molar-refractivity contribution >= 4 is 103 Å². The van der Waals surface area contributed by atoms with E-state index in [1.54, 1.807) is 0 Å². The average molecular weight is 815 g/mol. The molecule has 11 aromatic rings. The van der Waals surface area contributed by atoms with E-state index in [0.717, 1.165) is 41.1 Å². The van der Waals surface area contributed by atoms with Gasteiger partial charge in [0, 0.05) is 46.8 Å². The first-order chi connectivity index (χ1) is 30.2. The van der Waals surface area contributed by atoms with Crippen molar-refractivity contribution in [3.05, 3.63) is 194 Å². The molecule has 0 N–H and O–H groups in total. The van der Waals surface area contributed by atoms with Crippen LogP contribution in [0.3, 0.4) is 0 Å². The first kappa shape index (κ1) is 34.7. The number of aromatic nitrogens is 3. The zero-order valence-corrected chi connectivity index (χ0v) is 34.5. The van der Waals surface area contributed by atoms with Crippen LogP contribution in [0.4, 0.5) is 11.4 Å². The molecule has 1 aliphatic carbocycles. The molecule has 286 valence electrons. The highest BCUT2D eigenvalue weighted by Gasteiger charge is 2.29. The van der Waals surface area contributed by atoms with Gasteiger partial charge in [-0.1, -0.05) is 151 Å². The monoisotopic (exact) mass is 814 g/mol. The molecule has 0 atom stereocenters. The van der Waals surface area contributed by atoms with Crippen LogP contribution in [0.15, 0.2) is 197 Å². The van der Waals surface area contributed by atoms with Gasteiger partial charge in [0.2, 0.25) is 0 Å². The Kier molecular flexibility index (Phi) is 7.80. The molecule has 0 fully saturated rings. The molecule has 0 saturated heterocycles. The second-order valence-electron chi connectivity index (χ2n) is 15.9. The third kappa shape index (κ3) is 5.63. The zero-order chi connectivity index (χ0) is 40.0. The van der Waals surface area contributed by atoms with Crippen molar-refractivity contribution in [3.8, 4) is 22.8 Å². The number of thiophene rings is 1. The van der Waals surface area contributed by atoms with Crippen LogP contribution in [-0.4, -0.2) is 15.0 Å². The van der Waals surface area contributed by atoms with E-state index in [9.17, 15) is 0 Å². The smallest absolute Gasteiger partial charge is 0.164 e. The summed E-state index contributed by atoms with van der Waals surface area (Å²) in [6, 6.07) is 61.4. The van der Waals surface area contributed by atoms with E-state index in [1.165, 1.54) is 84.4 Å². The van der Waals surface area contributed by atoms with Crippen LogP contribution in [0.1, 0.15) is 18.7 Å². The summed E-state index contributed by atoms with van der Waals surface area (Å²) < 4.78 is 2.59. The van der Waals surface area contributed by atoms with E-state index >= 15 is 0 Å². The summed E-state index contributed by atoms with van der Waals surface area (Å²) >= 11 is 3.77. The minimum atomic E-state index is 0.679. The lowest BCUT2D eigenvalue weighted by Crippen LogP contribution is -2.20. The second-order valence-corrected chi connectivity index (χ2v) is 18.1. The molecule has 0 spiro atoms. The average Bonchev–Trinajstić information content (AvgIpc) is 3.68. The molecular weight excluding hydrogens is 781 g/mol. The maximum absolute atomic E-state index is 5.15. The van der Waals surface area contributed by atoms with E-state index in [4.69, 9.17) is 15.0 Å². The Morgan fingerprint density at radius 2 is 0.934 bits per heavy atom. The van der Waals surface area contributed by atoms with Crippen LogP contribution >= 0.6 is 23.1 Å². The zero-order valence-electron chi connectivity index (χ0n) is 32.8. The first-order valence-corrected chi connectivity index (χ1v) is 22.4. The number of hydrogen-bond donors (Lipinski definition) is 0. The number of hydrogen-bond acceptors (Lipinski definition) is 6. The second kappa shape index (κ2) is 13.7. The van der Waals surface area contributed by atoms with Gasteiger partial charge >= 0.3 is 0 Å². The van der Waals surface area contributed by atoms with Crippen molar-refractivity contribution in [1.29, 1.82) is 0 Å². The van der Waals surface area contributed by atoms with Gasteiger partial charge in [-0.25, -0.2) is 15.0 Å². The molecule has 2 aromatic heterocycles. The van der Waals surface area contributed by atoms with E-state index in [2.05, 4.69) is 151 Å². The predicted molar refractivity (Wildman–Crippen MR) is 258 cm³/mol. The highest BCUT2D eigenvalue weighted by molar-refractivity contribution is 7.99. The lowest BCUT2D eigenvalue weighted by Gasteiger charge is -2.35. The van der Waals surface area contributed by atoms with Crippen LogP contribution in [-0.2, 0) is 0 Å². The Morgan fingerprint density at radius 1 is 0.426 bits per heavy atom. The van der Waals surface area contributed by atoms with Gasteiger partial charge in [-0.05, 0) is 104 Å². The Hall–Kier alpha value is -7.12. The van der Waals surface area contributed by atoms with E-state index in [0.29, 0.717) is 11.6 Å². The van der Waals surface area contributed by atoms with Gasteiger partial charge in [0.25, 0.3) is 0 Å².